The number of rotatable bonds is 5. The zero-order valence-electron chi connectivity index (χ0n) is 14.3. The summed E-state index contributed by atoms with van der Waals surface area (Å²) in [6.45, 7) is 2.35. The minimum absolute atomic E-state index is 0.0645. The fourth-order valence-corrected chi connectivity index (χ4v) is 2.56. The molecule has 3 rings (SSSR count). The van der Waals surface area contributed by atoms with Gasteiger partial charge in [-0.2, -0.15) is 15.5 Å². The monoisotopic (exact) mass is 348 g/mol. The Labute approximate surface area is 149 Å². The van der Waals surface area contributed by atoms with E-state index in [0.717, 1.165) is 22.2 Å². The van der Waals surface area contributed by atoms with Crippen molar-refractivity contribution in [1.82, 2.24) is 14.6 Å². The Bertz CT molecular complexity index is 1050. The van der Waals surface area contributed by atoms with Crippen molar-refractivity contribution in [3.05, 3.63) is 75.1 Å². The Hall–Kier alpha value is -3.73. The van der Waals surface area contributed by atoms with Crippen LogP contribution in [0.15, 0.2) is 47.8 Å². The number of nitro groups is 1. The quantitative estimate of drug-likeness (QED) is 0.401. The minimum Gasteiger partial charge on any atom is -0.296 e. The summed E-state index contributed by atoms with van der Waals surface area (Å²) in [6.07, 6.45) is 5.06. The van der Waals surface area contributed by atoms with Crippen molar-refractivity contribution in [2.45, 2.75) is 13.5 Å². The number of fused-ring (bicyclic) bond motifs is 1. The SMILES string of the molecule is Cc1ccc([N+](=O)[O-])cc1CN(C)/N=C/c1cnn2ccc(C#N)cc12. The van der Waals surface area contributed by atoms with Gasteiger partial charge in [0, 0.05) is 30.9 Å². The number of nitro benzene ring substituents is 1. The van der Waals surface area contributed by atoms with E-state index in [4.69, 9.17) is 5.26 Å². The van der Waals surface area contributed by atoms with Gasteiger partial charge in [-0.05, 0) is 30.2 Å². The lowest BCUT2D eigenvalue weighted by Crippen LogP contribution is -2.12. The molecular formula is C18H16N6O2. The van der Waals surface area contributed by atoms with Crippen LogP contribution >= 0.6 is 0 Å². The first kappa shape index (κ1) is 17.1. The molecule has 8 heteroatoms. The van der Waals surface area contributed by atoms with Crippen molar-refractivity contribution < 1.29 is 4.92 Å². The molecule has 130 valence electrons. The first-order valence-corrected chi connectivity index (χ1v) is 7.84. The molecule has 3 aromatic rings. The Morgan fingerprint density at radius 3 is 2.96 bits per heavy atom. The molecule has 0 radical (unpaired) electrons. The van der Waals surface area contributed by atoms with Gasteiger partial charge in [0.2, 0.25) is 0 Å². The van der Waals surface area contributed by atoms with E-state index in [2.05, 4.69) is 16.3 Å². The second-order valence-electron chi connectivity index (χ2n) is 5.89. The molecule has 2 heterocycles. The second kappa shape index (κ2) is 7.03. The van der Waals surface area contributed by atoms with Gasteiger partial charge in [0.25, 0.3) is 5.69 Å². The molecular weight excluding hydrogens is 332 g/mol. The molecule has 0 aliphatic heterocycles. The molecule has 8 nitrogen and oxygen atoms in total. The number of nitrogens with zero attached hydrogens (tertiary/aromatic N) is 6. The number of nitriles is 1. The highest BCUT2D eigenvalue weighted by Gasteiger charge is 2.10. The van der Waals surface area contributed by atoms with Gasteiger partial charge < -0.3 is 0 Å². The van der Waals surface area contributed by atoms with Gasteiger partial charge in [-0.25, -0.2) is 4.52 Å². The number of aromatic nitrogens is 2. The Kier molecular flexibility index (Phi) is 4.62. The van der Waals surface area contributed by atoms with Crippen LogP contribution in [-0.4, -0.2) is 32.8 Å². The van der Waals surface area contributed by atoms with E-state index < -0.39 is 4.92 Å². The highest BCUT2D eigenvalue weighted by molar-refractivity contribution is 5.89. The van der Waals surface area contributed by atoms with Crippen LogP contribution in [-0.2, 0) is 6.54 Å². The largest absolute Gasteiger partial charge is 0.296 e. The molecule has 0 saturated carbocycles. The van der Waals surface area contributed by atoms with E-state index in [1.165, 1.54) is 6.07 Å². The van der Waals surface area contributed by atoms with E-state index in [1.54, 1.807) is 59.4 Å². The highest BCUT2D eigenvalue weighted by Crippen LogP contribution is 2.19. The van der Waals surface area contributed by atoms with Crippen molar-refractivity contribution in [3.8, 4) is 6.07 Å². The molecule has 0 aliphatic carbocycles. The Morgan fingerprint density at radius 1 is 1.42 bits per heavy atom. The molecule has 0 amide bonds. The summed E-state index contributed by atoms with van der Waals surface area (Å²) < 4.78 is 1.67. The molecule has 0 aliphatic rings. The summed E-state index contributed by atoms with van der Waals surface area (Å²) in [5, 5.41) is 30.3. The molecule has 0 saturated heterocycles. The van der Waals surface area contributed by atoms with Gasteiger partial charge in [0.1, 0.15) is 0 Å². The lowest BCUT2D eigenvalue weighted by atomic mass is 10.1. The van der Waals surface area contributed by atoms with Gasteiger partial charge in [-0.1, -0.05) is 6.07 Å². The van der Waals surface area contributed by atoms with E-state index in [9.17, 15) is 10.1 Å². The van der Waals surface area contributed by atoms with Crippen molar-refractivity contribution in [2.24, 2.45) is 5.10 Å². The summed E-state index contributed by atoms with van der Waals surface area (Å²) in [5.41, 5.74) is 3.98. The van der Waals surface area contributed by atoms with Crippen LogP contribution in [0.4, 0.5) is 5.69 Å². The molecule has 26 heavy (non-hydrogen) atoms. The zero-order chi connectivity index (χ0) is 18.7. The summed E-state index contributed by atoms with van der Waals surface area (Å²) >= 11 is 0. The lowest BCUT2D eigenvalue weighted by Gasteiger charge is -2.14. The van der Waals surface area contributed by atoms with Gasteiger partial charge in [-0.15, -0.1) is 0 Å². The Balaban J connectivity index is 1.80. The lowest BCUT2D eigenvalue weighted by molar-refractivity contribution is -0.384. The van der Waals surface area contributed by atoms with Crippen molar-refractivity contribution in [2.75, 3.05) is 7.05 Å². The first-order valence-electron chi connectivity index (χ1n) is 7.84. The van der Waals surface area contributed by atoms with Crippen LogP contribution < -0.4 is 0 Å². The van der Waals surface area contributed by atoms with Gasteiger partial charge >= 0.3 is 0 Å². The predicted molar refractivity (Wildman–Crippen MR) is 96.8 cm³/mol. The molecule has 0 N–H and O–H groups in total. The topological polar surface area (TPSA) is 99.8 Å². The number of hydrogen-bond acceptors (Lipinski definition) is 6. The average molecular weight is 348 g/mol. The highest BCUT2D eigenvalue weighted by atomic mass is 16.6. The summed E-state index contributed by atoms with van der Waals surface area (Å²) in [6, 6.07) is 10.3. The fraction of sp³-hybridized carbons (Fsp3) is 0.167. The molecule has 0 bridgehead atoms. The van der Waals surface area contributed by atoms with E-state index >= 15 is 0 Å². The van der Waals surface area contributed by atoms with E-state index in [0.29, 0.717) is 12.1 Å². The number of non-ortho nitro benzene ring substituents is 1. The van der Waals surface area contributed by atoms with Crippen LogP contribution in [0.25, 0.3) is 5.52 Å². The van der Waals surface area contributed by atoms with Crippen LogP contribution in [0.2, 0.25) is 0 Å². The predicted octanol–water partition coefficient (Wildman–Crippen LogP) is 2.89. The molecule has 1 aromatic carbocycles. The van der Waals surface area contributed by atoms with Gasteiger partial charge in [0.15, 0.2) is 0 Å². The second-order valence-corrected chi connectivity index (χ2v) is 5.89. The van der Waals surface area contributed by atoms with Crippen molar-refractivity contribution in [3.63, 3.8) is 0 Å². The maximum Gasteiger partial charge on any atom is 0.269 e. The minimum atomic E-state index is -0.405. The zero-order valence-corrected chi connectivity index (χ0v) is 14.3. The summed E-state index contributed by atoms with van der Waals surface area (Å²) in [5.74, 6) is 0. The first-order chi connectivity index (χ1) is 12.5. The Morgan fingerprint density at radius 2 is 2.23 bits per heavy atom. The van der Waals surface area contributed by atoms with Crippen LogP contribution in [0.3, 0.4) is 0 Å². The average Bonchev–Trinajstić information content (AvgIpc) is 3.03. The molecule has 0 fully saturated rings. The molecule has 0 spiro atoms. The molecule has 2 aromatic heterocycles. The van der Waals surface area contributed by atoms with Crippen molar-refractivity contribution >= 4 is 17.4 Å². The van der Waals surface area contributed by atoms with Crippen molar-refractivity contribution in [1.29, 1.82) is 5.26 Å². The maximum atomic E-state index is 10.9. The smallest absolute Gasteiger partial charge is 0.269 e. The van der Waals surface area contributed by atoms with E-state index in [-0.39, 0.29) is 5.69 Å². The van der Waals surface area contributed by atoms with Crippen LogP contribution in [0.5, 0.6) is 0 Å². The number of benzene rings is 1. The van der Waals surface area contributed by atoms with E-state index in [1.807, 2.05) is 6.92 Å². The normalized spacial score (nSPS) is 11.0. The summed E-state index contributed by atoms with van der Waals surface area (Å²) in [7, 11) is 1.79. The van der Waals surface area contributed by atoms with Gasteiger partial charge in [0.05, 0.1) is 41.0 Å². The third-order valence-electron chi connectivity index (χ3n) is 4.02. The third kappa shape index (κ3) is 3.52. The number of hydrogen-bond donors (Lipinski definition) is 0. The third-order valence-corrected chi connectivity index (χ3v) is 4.02. The van der Waals surface area contributed by atoms with Crippen LogP contribution in [0, 0.1) is 28.4 Å². The molecule has 0 atom stereocenters. The standard InChI is InChI=1S/C18H16N6O2/c1-13-3-4-17(24(25)26)8-15(13)12-22(2)20-10-16-11-21-23-6-5-14(9-19)7-18(16)23/h3-8,10-11H,12H2,1-2H3/b20-10+. The number of pyridine rings is 1. The maximum absolute atomic E-state index is 10.9. The molecule has 0 unspecified atom stereocenters. The summed E-state index contributed by atoms with van der Waals surface area (Å²) in [4.78, 5) is 10.5. The fourth-order valence-electron chi connectivity index (χ4n) is 2.56. The number of hydrazone groups is 1. The number of aryl methyl sites for hydroxylation is 1. The van der Waals surface area contributed by atoms with Crippen LogP contribution in [0.1, 0.15) is 22.3 Å². The van der Waals surface area contributed by atoms with Gasteiger partial charge in [-0.3, -0.25) is 15.1 Å².